The largest absolute Gasteiger partial charge is 0.480 e. The van der Waals surface area contributed by atoms with E-state index in [1.165, 1.54) is 0 Å². The number of aliphatic carboxylic acids is 1. The first-order chi connectivity index (χ1) is 19.1. The van der Waals surface area contributed by atoms with Crippen molar-refractivity contribution < 1.29 is 29.0 Å². The molecule has 4 rings (SSSR count). The van der Waals surface area contributed by atoms with Gasteiger partial charge >= 0.3 is 12.1 Å². The Bertz CT molecular complexity index is 1290. The summed E-state index contributed by atoms with van der Waals surface area (Å²) < 4.78 is 11.3. The van der Waals surface area contributed by atoms with Crippen LogP contribution in [-0.4, -0.2) is 48.4 Å². The maximum absolute atomic E-state index is 12.8. The van der Waals surface area contributed by atoms with Gasteiger partial charge in [-0.3, -0.25) is 4.79 Å². The predicted molar refractivity (Wildman–Crippen MR) is 152 cm³/mol. The Morgan fingerprint density at radius 3 is 2.08 bits per heavy atom. The highest BCUT2D eigenvalue weighted by atomic mass is 16.5. The SMILES string of the molecule is C[C@H](OCc1ccccc1)[C@@H](NC(=O)CC(C)(C)CNC(=O)OCC1c2ccccc2-c2ccccc21)C(=O)O. The van der Waals surface area contributed by atoms with Crippen LogP contribution in [0.4, 0.5) is 4.79 Å². The Morgan fingerprint density at radius 2 is 1.48 bits per heavy atom. The van der Waals surface area contributed by atoms with Crippen molar-refractivity contribution in [1.29, 1.82) is 0 Å². The number of hydrogen-bond acceptors (Lipinski definition) is 5. The lowest BCUT2D eigenvalue weighted by Crippen LogP contribution is -2.50. The second-order valence-electron chi connectivity index (χ2n) is 10.9. The number of carbonyl (C=O) groups is 3. The molecule has 8 heteroatoms. The van der Waals surface area contributed by atoms with E-state index >= 15 is 0 Å². The summed E-state index contributed by atoms with van der Waals surface area (Å²) in [5.41, 5.74) is 4.82. The number of benzene rings is 3. The van der Waals surface area contributed by atoms with Gasteiger partial charge in [0.15, 0.2) is 6.04 Å². The van der Waals surface area contributed by atoms with E-state index in [0.29, 0.717) is 0 Å². The number of rotatable bonds is 12. The van der Waals surface area contributed by atoms with Gasteiger partial charge in [-0.05, 0) is 40.2 Å². The quantitative estimate of drug-likeness (QED) is 0.292. The normalized spacial score (nSPS) is 14.0. The summed E-state index contributed by atoms with van der Waals surface area (Å²) in [7, 11) is 0. The van der Waals surface area contributed by atoms with Gasteiger partial charge in [0, 0.05) is 18.9 Å². The van der Waals surface area contributed by atoms with Gasteiger partial charge in [0.1, 0.15) is 6.61 Å². The van der Waals surface area contributed by atoms with Crippen LogP contribution in [0.2, 0.25) is 0 Å². The molecule has 0 spiro atoms. The van der Waals surface area contributed by atoms with Crippen molar-refractivity contribution in [2.75, 3.05) is 13.2 Å². The zero-order valence-electron chi connectivity index (χ0n) is 23.1. The summed E-state index contributed by atoms with van der Waals surface area (Å²) in [5.74, 6) is -1.67. The molecular formula is C32H36N2O6. The Morgan fingerprint density at radius 1 is 0.900 bits per heavy atom. The van der Waals surface area contributed by atoms with Crippen molar-refractivity contribution in [2.24, 2.45) is 5.41 Å². The molecule has 40 heavy (non-hydrogen) atoms. The molecule has 0 unspecified atom stereocenters. The third-order valence-electron chi connectivity index (χ3n) is 7.10. The lowest BCUT2D eigenvalue weighted by atomic mass is 9.88. The van der Waals surface area contributed by atoms with Crippen LogP contribution >= 0.6 is 0 Å². The molecule has 0 fully saturated rings. The molecule has 8 nitrogen and oxygen atoms in total. The number of alkyl carbamates (subject to hydrolysis) is 1. The van der Waals surface area contributed by atoms with Gasteiger partial charge < -0.3 is 25.2 Å². The highest BCUT2D eigenvalue weighted by Gasteiger charge is 2.31. The minimum atomic E-state index is -1.21. The molecule has 1 aliphatic rings. The van der Waals surface area contributed by atoms with E-state index in [9.17, 15) is 19.5 Å². The van der Waals surface area contributed by atoms with E-state index in [2.05, 4.69) is 34.9 Å². The molecule has 1 aliphatic carbocycles. The van der Waals surface area contributed by atoms with Crippen molar-refractivity contribution >= 4 is 18.0 Å². The molecule has 0 aliphatic heterocycles. The minimum absolute atomic E-state index is 0.00579. The summed E-state index contributed by atoms with van der Waals surface area (Å²) in [5, 5.41) is 15.0. The first-order valence-corrected chi connectivity index (χ1v) is 13.4. The van der Waals surface area contributed by atoms with Crippen LogP contribution in [0.3, 0.4) is 0 Å². The smallest absolute Gasteiger partial charge is 0.407 e. The second-order valence-corrected chi connectivity index (χ2v) is 10.9. The maximum Gasteiger partial charge on any atom is 0.407 e. The van der Waals surface area contributed by atoms with Crippen molar-refractivity contribution in [2.45, 2.75) is 51.9 Å². The second kappa shape index (κ2) is 12.8. The van der Waals surface area contributed by atoms with E-state index in [1.807, 2.05) is 68.4 Å². The van der Waals surface area contributed by atoms with Crippen LogP contribution in [0.5, 0.6) is 0 Å². The number of amides is 2. The summed E-state index contributed by atoms with van der Waals surface area (Å²) in [4.78, 5) is 37.2. The average Bonchev–Trinajstić information content (AvgIpc) is 3.26. The van der Waals surface area contributed by atoms with Crippen LogP contribution in [0, 0.1) is 5.41 Å². The zero-order valence-corrected chi connectivity index (χ0v) is 23.1. The Kier molecular flexibility index (Phi) is 9.22. The molecule has 3 N–H and O–H groups in total. The van der Waals surface area contributed by atoms with Crippen molar-refractivity contribution in [3.05, 3.63) is 95.6 Å². The lowest BCUT2D eigenvalue weighted by molar-refractivity contribution is -0.146. The molecule has 2 amide bonds. The number of nitrogens with one attached hydrogen (secondary N) is 2. The third-order valence-corrected chi connectivity index (χ3v) is 7.10. The van der Waals surface area contributed by atoms with E-state index < -0.39 is 35.5 Å². The summed E-state index contributed by atoms with van der Waals surface area (Å²) in [6.07, 6.45) is -1.31. The van der Waals surface area contributed by atoms with Crippen molar-refractivity contribution in [3.8, 4) is 11.1 Å². The minimum Gasteiger partial charge on any atom is -0.480 e. The molecular weight excluding hydrogens is 508 g/mol. The number of hydrogen-bond donors (Lipinski definition) is 3. The summed E-state index contributed by atoms with van der Waals surface area (Å²) in [6.45, 7) is 5.86. The van der Waals surface area contributed by atoms with Crippen LogP contribution in [-0.2, 0) is 25.7 Å². The van der Waals surface area contributed by atoms with Gasteiger partial charge in [0.05, 0.1) is 12.7 Å². The Balaban J connectivity index is 1.25. The number of carbonyl (C=O) groups excluding carboxylic acids is 2. The van der Waals surface area contributed by atoms with Crippen LogP contribution < -0.4 is 10.6 Å². The fourth-order valence-electron chi connectivity index (χ4n) is 4.96. The van der Waals surface area contributed by atoms with Gasteiger partial charge in [0.2, 0.25) is 5.91 Å². The average molecular weight is 545 g/mol. The Hall–Kier alpha value is -4.17. The van der Waals surface area contributed by atoms with E-state index in [0.717, 1.165) is 27.8 Å². The van der Waals surface area contributed by atoms with Crippen molar-refractivity contribution in [3.63, 3.8) is 0 Å². The first kappa shape index (κ1) is 28.8. The van der Waals surface area contributed by atoms with Gasteiger partial charge in [0.25, 0.3) is 0 Å². The monoisotopic (exact) mass is 544 g/mol. The molecule has 3 aromatic carbocycles. The zero-order chi connectivity index (χ0) is 28.7. The van der Waals surface area contributed by atoms with E-state index in [1.54, 1.807) is 6.92 Å². The molecule has 0 radical (unpaired) electrons. The van der Waals surface area contributed by atoms with Crippen LogP contribution in [0.1, 0.15) is 49.8 Å². The summed E-state index contributed by atoms with van der Waals surface area (Å²) in [6, 6.07) is 24.4. The molecule has 0 saturated carbocycles. The third kappa shape index (κ3) is 7.27. The fraction of sp³-hybridized carbons (Fsp3) is 0.344. The number of ether oxygens (including phenoxy) is 2. The molecule has 210 valence electrons. The van der Waals surface area contributed by atoms with Gasteiger partial charge in [-0.15, -0.1) is 0 Å². The lowest BCUT2D eigenvalue weighted by Gasteiger charge is -2.27. The number of carboxylic acid groups (broad SMARTS) is 1. The topological polar surface area (TPSA) is 114 Å². The summed E-state index contributed by atoms with van der Waals surface area (Å²) >= 11 is 0. The van der Waals surface area contributed by atoms with Crippen LogP contribution in [0.15, 0.2) is 78.9 Å². The molecule has 0 aromatic heterocycles. The van der Waals surface area contributed by atoms with E-state index in [-0.39, 0.29) is 32.1 Å². The van der Waals surface area contributed by atoms with Crippen LogP contribution in [0.25, 0.3) is 11.1 Å². The predicted octanol–water partition coefficient (Wildman–Crippen LogP) is 5.12. The van der Waals surface area contributed by atoms with Gasteiger partial charge in [-0.2, -0.15) is 0 Å². The molecule has 0 heterocycles. The first-order valence-electron chi connectivity index (χ1n) is 13.4. The highest BCUT2D eigenvalue weighted by Crippen LogP contribution is 2.44. The highest BCUT2D eigenvalue weighted by molar-refractivity contribution is 5.84. The maximum atomic E-state index is 12.8. The number of fused-ring (bicyclic) bond motifs is 3. The van der Waals surface area contributed by atoms with Crippen molar-refractivity contribution in [1.82, 2.24) is 10.6 Å². The molecule has 3 aromatic rings. The van der Waals surface area contributed by atoms with Gasteiger partial charge in [-0.25, -0.2) is 9.59 Å². The standard InChI is InChI=1S/C32H36N2O6/c1-21(39-18-22-11-5-4-6-12-22)29(30(36)37)34-28(35)17-32(2,3)20-33-31(38)40-19-27-25-15-9-7-13-23(25)24-14-8-10-16-26(24)27/h4-16,21,27,29H,17-20H2,1-3H3,(H,33,38)(H,34,35)(H,36,37)/t21-,29+/m0/s1. The molecule has 2 atom stereocenters. The van der Waals surface area contributed by atoms with E-state index in [4.69, 9.17) is 9.47 Å². The Labute approximate surface area is 234 Å². The number of carboxylic acids is 1. The van der Waals surface area contributed by atoms with Gasteiger partial charge in [-0.1, -0.05) is 92.7 Å². The fourth-order valence-corrected chi connectivity index (χ4v) is 4.96. The molecule has 0 bridgehead atoms. The molecule has 0 saturated heterocycles.